The summed E-state index contributed by atoms with van der Waals surface area (Å²) in [5, 5.41) is 79.6. The molecule has 1 aromatic carbocycles. The summed E-state index contributed by atoms with van der Waals surface area (Å²) in [6.07, 6.45) is -15.1. The smallest absolute Gasteiger partial charge is 0.187 e. The molecule has 4 heterocycles. The van der Waals surface area contributed by atoms with Crippen molar-refractivity contribution in [2.75, 3.05) is 13.2 Å². The van der Waals surface area contributed by atoms with Crippen molar-refractivity contribution in [3.8, 4) is 17.0 Å². The minimum Gasteiger partial charge on any atom is -0.486 e. The molecule has 2 fully saturated rings. The van der Waals surface area contributed by atoms with Gasteiger partial charge in [0.2, 0.25) is 0 Å². The first-order valence-corrected chi connectivity index (χ1v) is 11.1. The second-order valence-electron chi connectivity index (χ2n) is 8.64. The van der Waals surface area contributed by atoms with Crippen molar-refractivity contribution in [1.82, 2.24) is 15.0 Å². The third-order valence-corrected chi connectivity index (χ3v) is 6.49. The normalized spacial score (nSPS) is 38.9. The molecule has 0 spiro atoms. The minimum atomic E-state index is -1.74. The molecule has 14 nitrogen and oxygen atoms in total. The van der Waals surface area contributed by atoms with Gasteiger partial charge in [-0.1, -0.05) is 17.3 Å². The Bertz CT molecular complexity index is 1030. The number of hydrogen-bond donors (Lipinski definition) is 7. The zero-order valence-electron chi connectivity index (χ0n) is 18.3. The molecule has 14 heteroatoms. The van der Waals surface area contributed by atoms with Crippen LogP contribution < -0.4 is 4.74 Å². The quantitative estimate of drug-likeness (QED) is 0.215. The van der Waals surface area contributed by atoms with E-state index in [2.05, 4.69) is 10.3 Å². The monoisotopic (exact) mass is 497 g/mol. The highest BCUT2D eigenvalue weighted by molar-refractivity contribution is 5.70. The average molecular weight is 497 g/mol. The second kappa shape index (κ2) is 9.67. The van der Waals surface area contributed by atoms with Gasteiger partial charge < -0.3 is 54.7 Å². The molecule has 2 aromatic rings. The van der Waals surface area contributed by atoms with Crippen LogP contribution in [0, 0.1) is 0 Å². The first-order valence-electron chi connectivity index (χ1n) is 11.1. The summed E-state index contributed by atoms with van der Waals surface area (Å²) < 4.78 is 23.8. The molecule has 0 amide bonds. The third kappa shape index (κ3) is 4.11. The van der Waals surface area contributed by atoms with Crippen molar-refractivity contribution in [3.05, 3.63) is 30.0 Å². The third-order valence-electron chi connectivity index (χ3n) is 6.49. The summed E-state index contributed by atoms with van der Waals surface area (Å²) >= 11 is 0. The minimum absolute atomic E-state index is 0.143. The highest BCUT2D eigenvalue weighted by atomic mass is 16.7. The Kier molecular flexibility index (Phi) is 6.75. The molecular weight excluding hydrogens is 470 g/mol. The molecule has 0 unspecified atom stereocenters. The van der Waals surface area contributed by atoms with E-state index in [1.807, 2.05) is 0 Å². The summed E-state index contributed by atoms with van der Waals surface area (Å²) in [6, 6.07) is 7.15. The van der Waals surface area contributed by atoms with Crippen molar-refractivity contribution < 1.29 is 54.7 Å². The molecule has 0 aliphatic carbocycles. The number of aromatic nitrogens is 3. The van der Waals surface area contributed by atoms with E-state index in [0.717, 1.165) is 0 Å². The summed E-state index contributed by atoms with van der Waals surface area (Å²) in [7, 11) is 0. The first-order chi connectivity index (χ1) is 16.8. The molecule has 0 bridgehead atoms. The van der Waals surface area contributed by atoms with E-state index in [1.165, 1.54) is 4.68 Å². The Balaban J connectivity index is 1.40. The Hall–Kier alpha value is -2.24. The molecule has 5 rings (SSSR count). The fourth-order valence-electron chi connectivity index (χ4n) is 4.59. The van der Waals surface area contributed by atoms with Gasteiger partial charge in [0.15, 0.2) is 12.5 Å². The van der Waals surface area contributed by atoms with Crippen LogP contribution in [-0.4, -0.2) is 119 Å². The van der Waals surface area contributed by atoms with Crippen LogP contribution in [-0.2, 0) is 20.8 Å². The first kappa shape index (κ1) is 24.5. The molecule has 1 aromatic heterocycles. The predicted molar refractivity (Wildman–Crippen MR) is 111 cm³/mol. The van der Waals surface area contributed by atoms with Gasteiger partial charge in [0.05, 0.1) is 13.2 Å². The lowest BCUT2D eigenvalue weighted by molar-refractivity contribution is -0.347. The lowest BCUT2D eigenvalue weighted by Gasteiger charge is -2.46. The number of aliphatic hydroxyl groups is 7. The van der Waals surface area contributed by atoms with Crippen LogP contribution in [0.5, 0.6) is 5.75 Å². The zero-order chi connectivity index (χ0) is 24.9. The van der Waals surface area contributed by atoms with Gasteiger partial charge in [-0.05, 0) is 12.1 Å². The Labute approximate surface area is 198 Å². The number of aliphatic hydroxyl groups excluding tert-OH is 7. The van der Waals surface area contributed by atoms with E-state index in [0.29, 0.717) is 22.7 Å². The molecule has 3 aliphatic heterocycles. The van der Waals surface area contributed by atoms with E-state index in [9.17, 15) is 35.7 Å². The summed E-state index contributed by atoms with van der Waals surface area (Å²) in [5.74, 6) is 0.580. The van der Waals surface area contributed by atoms with Crippen LogP contribution in [0.15, 0.2) is 24.3 Å². The predicted octanol–water partition coefficient (Wildman–Crippen LogP) is -3.37. The van der Waals surface area contributed by atoms with Crippen LogP contribution in [0.25, 0.3) is 11.3 Å². The SMILES string of the molecule is OC[C@H]1O[C@@H](O[C@H]2[C@H](O)[C@@H](O)[C@H](n3nnc4c3-c3ccccc3OC4)O[C@@H]2CO)[C@H](O)[C@@H](O)[C@H]1O. The summed E-state index contributed by atoms with van der Waals surface area (Å²) in [6.45, 7) is -1.19. The van der Waals surface area contributed by atoms with Crippen LogP contribution in [0.3, 0.4) is 0 Å². The van der Waals surface area contributed by atoms with Gasteiger partial charge in [0, 0.05) is 5.56 Å². The largest absolute Gasteiger partial charge is 0.486 e. The number of ether oxygens (including phenoxy) is 4. The molecule has 192 valence electrons. The Morgan fingerprint density at radius 1 is 0.886 bits per heavy atom. The number of fused-ring (bicyclic) bond motifs is 3. The maximum atomic E-state index is 10.9. The molecule has 2 saturated heterocycles. The summed E-state index contributed by atoms with van der Waals surface area (Å²) in [4.78, 5) is 0. The van der Waals surface area contributed by atoms with Crippen molar-refractivity contribution in [2.24, 2.45) is 0 Å². The topological polar surface area (TPSA) is 209 Å². The number of rotatable bonds is 5. The van der Waals surface area contributed by atoms with E-state index in [1.54, 1.807) is 24.3 Å². The van der Waals surface area contributed by atoms with E-state index < -0.39 is 74.6 Å². The number of benzene rings is 1. The van der Waals surface area contributed by atoms with Crippen LogP contribution in [0.2, 0.25) is 0 Å². The van der Waals surface area contributed by atoms with Gasteiger partial charge in [0.1, 0.15) is 72.6 Å². The highest BCUT2D eigenvalue weighted by Crippen LogP contribution is 2.40. The van der Waals surface area contributed by atoms with Gasteiger partial charge >= 0.3 is 0 Å². The van der Waals surface area contributed by atoms with Gasteiger partial charge in [-0.2, -0.15) is 0 Å². The van der Waals surface area contributed by atoms with E-state index >= 15 is 0 Å². The maximum Gasteiger partial charge on any atom is 0.187 e. The van der Waals surface area contributed by atoms with Crippen molar-refractivity contribution in [2.45, 2.75) is 68.0 Å². The lowest BCUT2D eigenvalue weighted by Crippen LogP contribution is -2.63. The van der Waals surface area contributed by atoms with Crippen molar-refractivity contribution in [1.29, 1.82) is 0 Å². The highest BCUT2D eigenvalue weighted by Gasteiger charge is 2.51. The number of hydrogen-bond acceptors (Lipinski definition) is 13. The second-order valence-corrected chi connectivity index (χ2v) is 8.64. The number of para-hydroxylation sites is 1. The fourth-order valence-corrected chi connectivity index (χ4v) is 4.59. The van der Waals surface area contributed by atoms with Crippen molar-refractivity contribution in [3.63, 3.8) is 0 Å². The standard InChI is InChI=1S/C21H27N3O11/c25-5-11-14(27)15(28)18(31)21(34-11)35-19-12(6-26)33-20(17(30)16(19)29)24-13-8-3-1-2-4-10(8)32-7-9(13)22-23-24/h1-4,11-12,14-21,25-31H,5-7H2/t11-,12-,14+,15+,16-,17-,18-,19-,20-,21+/m1/s1. The maximum absolute atomic E-state index is 10.9. The van der Waals surface area contributed by atoms with Gasteiger partial charge in [-0.25, -0.2) is 4.68 Å². The molecule has 0 saturated carbocycles. The van der Waals surface area contributed by atoms with Gasteiger partial charge in [0.25, 0.3) is 0 Å². The molecule has 10 atom stereocenters. The average Bonchev–Trinajstić information content (AvgIpc) is 3.31. The Morgan fingerprint density at radius 3 is 2.37 bits per heavy atom. The van der Waals surface area contributed by atoms with Gasteiger partial charge in [-0.3, -0.25) is 0 Å². The molecule has 35 heavy (non-hydrogen) atoms. The van der Waals surface area contributed by atoms with Crippen molar-refractivity contribution >= 4 is 0 Å². The van der Waals surface area contributed by atoms with E-state index in [-0.39, 0.29) is 6.61 Å². The van der Waals surface area contributed by atoms with Crippen LogP contribution in [0.1, 0.15) is 11.9 Å². The molecular formula is C21H27N3O11. The molecule has 0 radical (unpaired) electrons. The number of nitrogens with zero attached hydrogens (tertiary/aromatic N) is 3. The lowest BCUT2D eigenvalue weighted by atomic mass is 9.96. The molecule has 3 aliphatic rings. The van der Waals surface area contributed by atoms with Crippen LogP contribution >= 0.6 is 0 Å². The van der Waals surface area contributed by atoms with E-state index in [4.69, 9.17) is 18.9 Å². The molecule has 7 N–H and O–H groups in total. The van der Waals surface area contributed by atoms with Gasteiger partial charge in [-0.15, -0.1) is 5.10 Å². The Morgan fingerprint density at radius 2 is 1.63 bits per heavy atom. The van der Waals surface area contributed by atoms with Crippen LogP contribution in [0.4, 0.5) is 0 Å². The zero-order valence-corrected chi connectivity index (χ0v) is 18.3. The fraction of sp³-hybridized carbons (Fsp3) is 0.619. The summed E-state index contributed by atoms with van der Waals surface area (Å²) in [5.41, 5.74) is 1.67.